The second kappa shape index (κ2) is 48.1. The molecule has 0 aromatic carbocycles. The average Bonchev–Trinajstić information content (AvgIpc) is 2.60. The molecule has 0 fully saturated rings. The topological polar surface area (TPSA) is 48.1 Å². The van der Waals surface area contributed by atoms with Gasteiger partial charge in [-0.2, -0.15) is 0 Å². The van der Waals surface area contributed by atoms with E-state index in [-0.39, 0.29) is 74.4 Å². The van der Waals surface area contributed by atoms with E-state index in [1.807, 2.05) is 0 Å². The van der Waals surface area contributed by atoms with Gasteiger partial charge in [-0.25, -0.2) is 0 Å². The highest BCUT2D eigenvalue weighted by Gasteiger charge is 1.93. The number of halogens is 6. The molecule has 0 bridgehead atoms. The van der Waals surface area contributed by atoms with Gasteiger partial charge < -0.3 is 21.3 Å². The fraction of sp³-hybridized carbons (Fsp3) is 1.00. The predicted molar refractivity (Wildman–Crippen MR) is 152 cm³/mol. The molecule has 0 saturated heterocycles. The molecule has 0 saturated carbocycles. The van der Waals surface area contributed by atoms with Crippen LogP contribution < -0.4 is 21.3 Å². The average molecular weight is 561 g/mol. The highest BCUT2D eigenvalue weighted by Crippen LogP contribution is 1.92. The highest BCUT2D eigenvalue weighted by atomic mass is 35.5. The molecule has 0 heterocycles. The van der Waals surface area contributed by atoms with Crippen LogP contribution in [-0.2, 0) is 0 Å². The highest BCUT2D eigenvalue weighted by molar-refractivity contribution is 5.86. The molecule has 0 aliphatic carbocycles. The minimum Gasteiger partial charge on any atom is -0.317 e. The molecule has 10 heteroatoms. The molecule has 0 unspecified atom stereocenters. The van der Waals surface area contributed by atoms with Crippen molar-refractivity contribution in [2.24, 2.45) is 0 Å². The molecular weight excluding hydrogens is 509 g/mol. The Morgan fingerprint density at radius 3 is 0.767 bits per heavy atom. The van der Waals surface area contributed by atoms with E-state index < -0.39 is 0 Å². The van der Waals surface area contributed by atoms with E-state index in [0.29, 0.717) is 0 Å². The zero-order valence-electron chi connectivity index (χ0n) is 19.2. The summed E-state index contributed by atoms with van der Waals surface area (Å²) in [4.78, 5) is 0. The third-order valence-corrected chi connectivity index (χ3v) is 4.26. The summed E-state index contributed by atoms with van der Waals surface area (Å²) in [6, 6.07) is 0. The second-order valence-electron chi connectivity index (χ2n) is 6.83. The minimum absolute atomic E-state index is 0. The maximum Gasteiger partial charge on any atom is -0.00484 e. The Kier molecular flexibility index (Phi) is 78.4. The standard InChI is InChI=1S/C20H46N4.6ClH/c1-3-5-6-14-22-16-9-10-18-24-20-12-11-19-23-17-8-7-15-21-13-4-2;;;;;;/h21-24H,3-20H2,1-2H3;6*1H. The first-order valence-corrected chi connectivity index (χ1v) is 10.7. The van der Waals surface area contributed by atoms with Crippen LogP contribution in [0.3, 0.4) is 0 Å². The van der Waals surface area contributed by atoms with Crippen LogP contribution in [0.5, 0.6) is 0 Å². The molecular formula is C20H52Cl6N4. The Labute approximate surface area is 225 Å². The second-order valence-corrected chi connectivity index (χ2v) is 6.83. The van der Waals surface area contributed by atoms with Crippen LogP contribution in [0.2, 0.25) is 0 Å². The molecule has 0 aliphatic rings. The first kappa shape index (κ1) is 48.9. The minimum atomic E-state index is 0. The van der Waals surface area contributed by atoms with Gasteiger partial charge in [0.25, 0.3) is 0 Å². The lowest BCUT2D eigenvalue weighted by Gasteiger charge is -2.07. The maximum absolute atomic E-state index is 3.56. The number of nitrogens with one attached hydrogen (secondary N) is 4. The van der Waals surface area contributed by atoms with Crippen molar-refractivity contribution in [2.75, 3.05) is 52.4 Å². The van der Waals surface area contributed by atoms with Crippen molar-refractivity contribution in [3.63, 3.8) is 0 Å². The van der Waals surface area contributed by atoms with Crippen LogP contribution in [0.25, 0.3) is 0 Å². The van der Waals surface area contributed by atoms with Gasteiger partial charge >= 0.3 is 0 Å². The van der Waals surface area contributed by atoms with Crippen molar-refractivity contribution >= 4 is 74.4 Å². The van der Waals surface area contributed by atoms with Gasteiger partial charge in [0.05, 0.1) is 0 Å². The van der Waals surface area contributed by atoms with E-state index in [2.05, 4.69) is 35.1 Å². The molecule has 194 valence electrons. The third-order valence-electron chi connectivity index (χ3n) is 4.26. The molecule has 0 aliphatic heterocycles. The molecule has 0 rings (SSSR count). The van der Waals surface area contributed by atoms with Gasteiger partial charge in [0, 0.05) is 0 Å². The number of hydrogen-bond acceptors (Lipinski definition) is 4. The predicted octanol–water partition coefficient (Wildman–Crippen LogP) is 5.82. The van der Waals surface area contributed by atoms with Crippen LogP contribution in [0.15, 0.2) is 0 Å². The number of hydrogen-bond donors (Lipinski definition) is 4. The lowest BCUT2D eigenvalue weighted by molar-refractivity contribution is 0.538. The molecule has 0 amide bonds. The van der Waals surface area contributed by atoms with E-state index in [4.69, 9.17) is 0 Å². The molecule has 0 atom stereocenters. The fourth-order valence-electron chi connectivity index (χ4n) is 2.68. The zero-order chi connectivity index (χ0) is 17.6. The monoisotopic (exact) mass is 558 g/mol. The van der Waals surface area contributed by atoms with Crippen molar-refractivity contribution in [1.82, 2.24) is 21.3 Å². The quantitative estimate of drug-likeness (QED) is 0.134. The van der Waals surface area contributed by atoms with E-state index in [0.717, 1.165) is 6.54 Å². The summed E-state index contributed by atoms with van der Waals surface area (Å²) in [7, 11) is 0. The largest absolute Gasteiger partial charge is 0.317 e. The zero-order valence-corrected chi connectivity index (χ0v) is 24.1. The van der Waals surface area contributed by atoms with E-state index in [1.54, 1.807) is 0 Å². The summed E-state index contributed by atoms with van der Waals surface area (Å²) in [5, 5.41) is 14.1. The Morgan fingerprint density at radius 1 is 0.300 bits per heavy atom. The van der Waals surface area contributed by atoms with Gasteiger partial charge in [0.1, 0.15) is 0 Å². The van der Waals surface area contributed by atoms with E-state index in [9.17, 15) is 0 Å². The summed E-state index contributed by atoms with van der Waals surface area (Å²) in [6.45, 7) is 13.9. The number of rotatable bonds is 21. The van der Waals surface area contributed by atoms with Crippen LogP contribution >= 0.6 is 74.4 Å². The summed E-state index contributed by atoms with van der Waals surface area (Å²) in [5.41, 5.74) is 0. The van der Waals surface area contributed by atoms with Gasteiger partial charge in [-0.3, -0.25) is 0 Å². The van der Waals surface area contributed by atoms with Crippen molar-refractivity contribution in [2.45, 2.75) is 78.1 Å². The van der Waals surface area contributed by atoms with Crippen molar-refractivity contribution in [3.05, 3.63) is 0 Å². The Morgan fingerprint density at radius 2 is 0.533 bits per heavy atom. The van der Waals surface area contributed by atoms with Crippen LogP contribution in [0, 0.1) is 0 Å². The van der Waals surface area contributed by atoms with Gasteiger partial charge in [-0.15, -0.1) is 74.4 Å². The van der Waals surface area contributed by atoms with Crippen LogP contribution in [0.4, 0.5) is 0 Å². The van der Waals surface area contributed by atoms with Gasteiger partial charge in [-0.05, 0) is 104 Å². The van der Waals surface area contributed by atoms with E-state index in [1.165, 1.54) is 110 Å². The molecule has 30 heavy (non-hydrogen) atoms. The molecule has 0 radical (unpaired) electrons. The number of unbranched alkanes of at least 4 members (excludes halogenated alkanes) is 5. The summed E-state index contributed by atoms with van der Waals surface area (Å²) in [6.07, 6.45) is 13.0. The Hall–Kier alpha value is 1.58. The Balaban J connectivity index is -0.000000176. The van der Waals surface area contributed by atoms with E-state index >= 15 is 0 Å². The van der Waals surface area contributed by atoms with Gasteiger partial charge in [0.15, 0.2) is 0 Å². The fourth-order valence-corrected chi connectivity index (χ4v) is 2.68. The van der Waals surface area contributed by atoms with Gasteiger partial charge in [-0.1, -0.05) is 26.7 Å². The Bertz CT molecular complexity index is 211. The first-order chi connectivity index (χ1) is 11.9. The first-order valence-electron chi connectivity index (χ1n) is 10.7. The SMILES string of the molecule is CCCCCNCCCCNCCCCNCCCCNCCC.Cl.Cl.Cl.Cl.Cl.Cl. The summed E-state index contributed by atoms with van der Waals surface area (Å²) < 4.78 is 0. The van der Waals surface area contributed by atoms with Crippen molar-refractivity contribution in [3.8, 4) is 0 Å². The lowest BCUT2D eigenvalue weighted by atomic mass is 10.2. The smallest absolute Gasteiger partial charge is 0.00484 e. The lowest BCUT2D eigenvalue weighted by Crippen LogP contribution is -2.22. The van der Waals surface area contributed by atoms with Crippen molar-refractivity contribution < 1.29 is 0 Å². The summed E-state index contributed by atoms with van der Waals surface area (Å²) in [5.74, 6) is 0. The summed E-state index contributed by atoms with van der Waals surface area (Å²) >= 11 is 0. The van der Waals surface area contributed by atoms with Crippen LogP contribution in [-0.4, -0.2) is 52.4 Å². The maximum atomic E-state index is 3.56. The molecule has 4 N–H and O–H groups in total. The normalized spacial score (nSPS) is 9.00. The third kappa shape index (κ3) is 47.4. The van der Waals surface area contributed by atoms with Crippen molar-refractivity contribution in [1.29, 1.82) is 0 Å². The molecule has 0 spiro atoms. The molecule has 0 aromatic heterocycles. The van der Waals surface area contributed by atoms with Gasteiger partial charge in [0.2, 0.25) is 0 Å². The molecule has 4 nitrogen and oxygen atoms in total. The van der Waals surface area contributed by atoms with Crippen LogP contribution in [0.1, 0.15) is 78.1 Å². The molecule has 0 aromatic rings.